The summed E-state index contributed by atoms with van der Waals surface area (Å²) in [6.45, 7) is 4.46. The number of nitrogens with one attached hydrogen (secondary N) is 2. The van der Waals surface area contributed by atoms with E-state index in [1.54, 1.807) is 12.1 Å². The molecule has 150 valence electrons. The monoisotopic (exact) mass is 387 g/mol. The van der Waals surface area contributed by atoms with E-state index in [9.17, 15) is 9.18 Å². The van der Waals surface area contributed by atoms with Crippen LogP contribution in [-0.2, 0) is 11.4 Å². The van der Waals surface area contributed by atoms with Crippen molar-refractivity contribution < 1.29 is 14.3 Å². The van der Waals surface area contributed by atoms with Gasteiger partial charge < -0.3 is 20.6 Å². The van der Waals surface area contributed by atoms with Crippen molar-refractivity contribution in [2.24, 2.45) is 5.92 Å². The molecule has 0 atom stereocenters. The molecule has 8 heteroatoms. The summed E-state index contributed by atoms with van der Waals surface area (Å²) in [6.07, 6.45) is 2.35. The van der Waals surface area contributed by atoms with E-state index in [1.807, 2.05) is 18.9 Å². The number of aliphatic hydroxyl groups is 1. The van der Waals surface area contributed by atoms with E-state index in [2.05, 4.69) is 27.5 Å². The average molecular weight is 387 g/mol. The van der Waals surface area contributed by atoms with Crippen LogP contribution >= 0.6 is 0 Å². The van der Waals surface area contributed by atoms with Gasteiger partial charge >= 0.3 is 0 Å². The Morgan fingerprint density at radius 2 is 1.96 bits per heavy atom. The third kappa shape index (κ3) is 4.75. The maximum absolute atomic E-state index is 12.1. The fourth-order valence-electron chi connectivity index (χ4n) is 3.31. The third-order valence-electron chi connectivity index (χ3n) is 4.88. The standard InChI is InChI=1S/C13H19N5O.C7H7FO/c1-7-4-9(5-7)15-13-14-8(2)11-12(17-13)18(3)6-10(19)16-11;8-7-3-1-6(5-9)2-4-7/h7,9H,4-6H2,1-3H3,(H,16,19)(H,14,15,17);1-4,9H,5H2. The van der Waals surface area contributed by atoms with E-state index in [0.29, 0.717) is 18.5 Å². The number of hydrogen-bond acceptors (Lipinski definition) is 6. The molecule has 1 fully saturated rings. The molecule has 1 aliphatic carbocycles. The summed E-state index contributed by atoms with van der Waals surface area (Å²) in [6, 6.07) is 6.23. The minimum Gasteiger partial charge on any atom is -0.392 e. The van der Waals surface area contributed by atoms with Crippen molar-refractivity contribution >= 4 is 23.4 Å². The number of aryl methyl sites for hydroxylation is 1. The highest BCUT2D eigenvalue weighted by Gasteiger charge is 2.28. The maximum Gasteiger partial charge on any atom is 0.244 e. The van der Waals surface area contributed by atoms with Crippen molar-refractivity contribution in [1.82, 2.24) is 9.97 Å². The molecule has 0 unspecified atom stereocenters. The molecule has 2 heterocycles. The number of halogens is 1. The van der Waals surface area contributed by atoms with Gasteiger partial charge in [-0.15, -0.1) is 0 Å². The van der Waals surface area contributed by atoms with Crippen LogP contribution in [0.5, 0.6) is 0 Å². The van der Waals surface area contributed by atoms with Gasteiger partial charge in [-0.3, -0.25) is 4.79 Å². The Labute approximate surface area is 164 Å². The maximum atomic E-state index is 12.1. The zero-order valence-corrected chi connectivity index (χ0v) is 16.4. The second kappa shape index (κ2) is 8.52. The highest BCUT2D eigenvalue weighted by atomic mass is 19.1. The predicted octanol–water partition coefficient (Wildman–Crippen LogP) is 2.70. The van der Waals surface area contributed by atoms with Crippen LogP contribution in [-0.4, -0.2) is 40.6 Å². The van der Waals surface area contributed by atoms with Crippen LogP contribution in [0.25, 0.3) is 0 Å². The Balaban J connectivity index is 0.000000211. The number of nitrogens with zero attached hydrogens (tertiary/aromatic N) is 3. The third-order valence-corrected chi connectivity index (χ3v) is 4.88. The number of hydrogen-bond donors (Lipinski definition) is 3. The van der Waals surface area contributed by atoms with Crippen LogP contribution in [0.1, 0.15) is 31.0 Å². The minimum absolute atomic E-state index is 0.0183. The summed E-state index contributed by atoms with van der Waals surface area (Å²) in [5.74, 6) is 1.96. The summed E-state index contributed by atoms with van der Waals surface area (Å²) in [4.78, 5) is 22.3. The first kappa shape index (κ1) is 20.0. The highest BCUT2D eigenvalue weighted by Crippen LogP contribution is 2.32. The van der Waals surface area contributed by atoms with Gasteiger partial charge in [-0.25, -0.2) is 9.37 Å². The molecule has 1 saturated carbocycles. The van der Waals surface area contributed by atoms with Crippen LogP contribution in [0.2, 0.25) is 0 Å². The molecule has 0 radical (unpaired) electrons. The lowest BCUT2D eigenvalue weighted by atomic mass is 9.82. The molecule has 7 nitrogen and oxygen atoms in total. The number of aliphatic hydroxyl groups excluding tert-OH is 1. The van der Waals surface area contributed by atoms with Crippen molar-refractivity contribution in [2.45, 2.75) is 39.3 Å². The summed E-state index contributed by atoms with van der Waals surface area (Å²) in [5.41, 5.74) is 2.27. The number of likely N-dealkylation sites (N-methyl/N-ethyl adjacent to an activating group) is 1. The molecule has 2 aliphatic rings. The fourth-order valence-corrected chi connectivity index (χ4v) is 3.31. The number of rotatable bonds is 3. The van der Waals surface area contributed by atoms with Gasteiger partial charge in [0.25, 0.3) is 0 Å². The molecule has 0 spiro atoms. The van der Waals surface area contributed by atoms with Crippen molar-refractivity contribution in [3.8, 4) is 0 Å². The molecular formula is C20H26FN5O2. The second-order valence-electron chi connectivity index (χ2n) is 7.44. The molecule has 1 aliphatic heterocycles. The molecule has 28 heavy (non-hydrogen) atoms. The number of amides is 1. The quantitative estimate of drug-likeness (QED) is 0.750. The number of carbonyl (C=O) groups is 1. The smallest absolute Gasteiger partial charge is 0.244 e. The lowest BCUT2D eigenvalue weighted by molar-refractivity contribution is -0.115. The van der Waals surface area contributed by atoms with Crippen LogP contribution in [0, 0.1) is 18.7 Å². The Bertz CT molecular complexity index is 837. The average Bonchev–Trinajstić information content (AvgIpc) is 2.63. The molecule has 0 bridgehead atoms. The van der Waals surface area contributed by atoms with E-state index in [-0.39, 0.29) is 18.3 Å². The van der Waals surface area contributed by atoms with Gasteiger partial charge in [0.1, 0.15) is 11.5 Å². The molecule has 4 rings (SSSR count). The highest BCUT2D eigenvalue weighted by molar-refractivity contribution is 6.00. The van der Waals surface area contributed by atoms with E-state index < -0.39 is 0 Å². The van der Waals surface area contributed by atoms with Gasteiger partial charge in [0.2, 0.25) is 11.9 Å². The van der Waals surface area contributed by atoms with E-state index >= 15 is 0 Å². The molecule has 1 amide bonds. The molecule has 0 saturated heterocycles. The zero-order valence-electron chi connectivity index (χ0n) is 16.4. The van der Waals surface area contributed by atoms with Gasteiger partial charge in [-0.1, -0.05) is 19.1 Å². The largest absolute Gasteiger partial charge is 0.392 e. The van der Waals surface area contributed by atoms with Crippen LogP contribution in [0.15, 0.2) is 24.3 Å². The SMILES string of the molecule is Cc1nc(NC2CC(C)C2)nc2c1NC(=O)CN2C.OCc1ccc(F)cc1. The van der Waals surface area contributed by atoms with Crippen molar-refractivity contribution in [2.75, 3.05) is 29.1 Å². The van der Waals surface area contributed by atoms with E-state index in [0.717, 1.165) is 28.7 Å². The van der Waals surface area contributed by atoms with Crippen LogP contribution in [0.4, 0.5) is 21.8 Å². The second-order valence-corrected chi connectivity index (χ2v) is 7.44. The van der Waals surface area contributed by atoms with E-state index in [4.69, 9.17) is 5.11 Å². The minimum atomic E-state index is -0.271. The Hall–Kier alpha value is -2.74. The summed E-state index contributed by atoms with van der Waals surface area (Å²) < 4.78 is 12.1. The molecule has 1 aromatic carbocycles. The first-order chi connectivity index (χ1) is 13.4. The Morgan fingerprint density at radius 1 is 1.29 bits per heavy atom. The van der Waals surface area contributed by atoms with Crippen molar-refractivity contribution in [1.29, 1.82) is 0 Å². The van der Waals surface area contributed by atoms with Gasteiger partial charge in [0.15, 0.2) is 5.82 Å². The topological polar surface area (TPSA) is 90.4 Å². The van der Waals surface area contributed by atoms with Crippen molar-refractivity contribution in [3.63, 3.8) is 0 Å². The number of anilines is 3. The first-order valence-electron chi connectivity index (χ1n) is 9.37. The molecule has 1 aromatic heterocycles. The Kier molecular flexibility index (Phi) is 6.08. The van der Waals surface area contributed by atoms with Crippen LogP contribution in [0.3, 0.4) is 0 Å². The lowest BCUT2D eigenvalue weighted by Gasteiger charge is -2.34. The summed E-state index contributed by atoms with van der Waals surface area (Å²) in [7, 11) is 1.87. The Morgan fingerprint density at radius 3 is 2.57 bits per heavy atom. The van der Waals surface area contributed by atoms with Crippen LogP contribution < -0.4 is 15.5 Å². The number of carbonyl (C=O) groups excluding carboxylic acids is 1. The molecule has 3 N–H and O–H groups in total. The number of benzene rings is 1. The lowest BCUT2D eigenvalue weighted by Crippen LogP contribution is -2.38. The van der Waals surface area contributed by atoms with Gasteiger partial charge in [-0.05, 0) is 43.4 Å². The molecule has 2 aromatic rings. The normalized spacial score (nSPS) is 20.3. The first-order valence-corrected chi connectivity index (χ1v) is 9.37. The van der Waals surface area contributed by atoms with Gasteiger partial charge in [-0.2, -0.15) is 4.98 Å². The fraction of sp³-hybridized carbons (Fsp3) is 0.450. The molecular weight excluding hydrogens is 361 g/mol. The predicted molar refractivity (Wildman–Crippen MR) is 107 cm³/mol. The van der Waals surface area contributed by atoms with Gasteiger partial charge in [0.05, 0.1) is 18.8 Å². The number of aromatic nitrogens is 2. The van der Waals surface area contributed by atoms with E-state index in [1.165, 1.54) is 25.0 Å². The van der Waals surface area contributed by atoms with Gasteiger partial charge in [0, 0.05) is 13.1 Å². The summed E-state index contributed by atoms with van der Waals surface area (Å²) in [5, 5.41) is 14.7. The van der Waals surface area contributed by atoms with Crippen molar-refractivity contribution in [3.05, 3.63) is 41.3 Å². The summed E-state index contributed by atoms with van der Waals surface area (Å²) >= 11 is 0. The zero-order chi connectivity index (χ0) is 20.3. The number of fused-ring (bicyclic) bond motifs is 1.